The predicted molar refractivity (Wildman–Crippen MR) is 62.2 cm³/mol. The van der Waals surface area contributed by atoms with Gasteiger partial charge in [0, 0.05) is 0 Å². The summed E-state index contributed by atoms with van der Waals surface area (Å²) in [6.45, 7) is 4.16. The van der Waals surface area contributed by atoms with Gasteiger partial charge in [-0.1, -0.05) is 31.4 Å². The lowest BCUT2D eigenvalue weighted by Crippen LogP contribution is -1.93. The molecule has 0 radical (unpaired) electrons. The smallest absolute Gasteiger partial charge is 0.211 e. The monoisotopic (exact) mass is 205 g/mol. The van der Waals surface area contributed by atoms with Crippen LogP contribution in [0.2, 0.25) is 0 Å². The molecule has 0 heterocycles. The Bertz CT molecular complexity index is 302. The first kappa shape index (κ1) is 11.9. The van der Waals surface area contributed by atoms with E-state index < -0.39 is 0 Å². The minimum Gasteiger partial charge on any atom is -0.211 e. The summed E-state index contributed by atoms with van der Waals surface area (Å²) >= 11 is 0. The zero-order valence-corrected chi connectivity index (χ0v) is 9.62. The van der Waals surface area contributed by atoms with Crippen LogP contribution in [0.25, 0.3) is 0 Å². The second-order valence-corrected chi connectivity index (χ2v) is 4.11. The molecular weight excluding hydrogens is 186 g/mol. The lowest BCUT2D eigenvalue weighted by atomic mass is 9.98. The molecule has 0 bridgehead atoms. The molecule has 0 unspecified atom stereocenters. The van der Waals surface area contributed by atoms with Crippen molar-refractivity contribution in [3.8, 4) is 0 Å². The second-order valence-electron chi connectivity index (χ2n) is 4.11. The number of aliphatic imine (C=N–C) groups is 1. The van der Waals surface area contributed by atoms with Crippen molar-refractivity contribution < 1.29 is 4.79 Å². The van der Waals surface area contributed by atoms with Crippen molar-refractivity contribution in [2.75, 3.05) is 0 Å². The van der Waals surface area contributed by atoms with E-state index in [2.05, 4.69) is 18.0 Å². The summed E-state index contributed by atoms with van der Waals surface area (Å²) in [4.78, 5) is 13.8. The van der Waals surface area contributed by atoms with Gasteiger partial charge in [-0.25, -0.2) is 4.79 Å². The van der Waals surface area contributed by atoms with E-state index in [0.717, 1.165) is 18.0 Å². The van der Waals surface area contributed by atoms with E-state index in [1.165, 1.54) is 31.3 Å². The van der Waals surface area contributed by atoms with Crippen molar-refractivity contribution in [3.05, 3.63) is 23.4 Å². The largest absolute Gasteiger partial charge is 0.240 e. The van der Waals surface area contributed by atoms with Crippen LogP contribution in [0.5, 0.6) is 0 Å². The van der Waals surface area contributed by atoms with E-state index in [1.54, 1.807) is 6.08 Å². The summed E-state index contributed by atoms with van der Waals surface area (Å²) in [5, 5.41) is 0. The fourth-order valence-corrected chi connectivity index (χ4v) is 2.04. The number of isocyanates is 1. The molecule has 1 aliphatic rings. The summed E-state index contributed by atoms with van der Waals surface area (Å²) in [6, 6.07) is 0. The second kappa shape index (κ2) is 6.36. The summed E-state index contributed by atoms with van der Waals surface area (Å²) in [5.74, 6) is 0.750. The van der Waals surface area contributed by atoms with E-state index in [0.29, 0.717) is 0 Å². The number of nitrogens with zero attached hydrogens (tertiary/aromatic N) is 1. The van der Waals surface area contributed by atoms with Gasteiger partial charge >= 0.3 is 0 Å². The highest BCUT2D eigenvalue weighted by Crippen LogP contribution is 2.30. The summed E-state index contributed by atoms with van der Waals surface area (Å²) in [6.07, 6.45) is 11.8. The van der Waals surface area contributed by atoms with E-state index in [4.69, 9.17) is 0 Å². The third-order valence-electron chi connectivity index (χ3n) is 3.09. The minimum atomic E-state index is 0.750. The third kappa shape index (κ3) is 3.85. The average Bonchev–Trinajstić information content (AvgIpc) is 2.77. The van der Waals surface area contributed by atoms with E-state index in [-0.39, 0.29) is 0 Å². The van der Waals surface area contributed by atoms with Gasteiger partial charge in [-0.3, -0.25) is 0 Å². The van der Waals surface area contributed by atoms with Crippen LogP contribution in [-0.4, -0.2) is 6.08 Å². The van der Waals surface area contributed by atoms with Crippen LogP contribution in [-0.2, 0) is 4.79 Å². The fourth-order valence-electron chi connectivity index (χ4n) is 2.04. The molecule has 0 spiro atoms. The van der Waals surface area contributed by atoms with Crippen molar-refractivity contribution in [1.29, 1.82) is 0 Å². The van der Waals surface area contributed by atoms with Gasteiger partial charge in [-0.15, -0.1) is 0 Å². The Kier molecular flexibility index (Phi) is 5.06. The maximum absolute atomic E-state index is 10.1. The van der Waals surface area contributed by atoms with Crippen LogP contribution in [0.4, 0.5) is 0 Å². The zero-order chi connectivity index (χ0) is 11.1. The van der Waals surface area contributed by atoms with Gasteiger partial charge in [0.05, 0.1) is 5.70 Å². The van der Waals surface area contributed by atoms with Gasteiger partial charge < -0.3 is 0 Å². The minimum absolute atomic E-state index is 0.750. The van der Waals surface area contributed by atoms with Crippen molar-refractivity contribution in [2.24, 2.45) is 10.9 Å². The van der Waals surface area contributed by atoms with Gasteiger partial charge in [-0.05, 0) is 38.2 Å². The lowest BCUT2D eigenvalue weighted by molar-refractivity contribution is 0.564. The predicted octanol–water partition coefficient (Wildman–Crippen LogP) is 3.75. The molecule has 1 saturated carbocycles. The molecule has 2 heteroatoms. The quantitative estimate of drug-likeness (QED) is 0.390. The van der Waals surface area contributed by atoms with Crippen molar-refractivity contribution in [3.63, 3.8) is 0 Å². The summed E-state index contributed by atoms with van der Waals surface area (Å²) in [5.41, 5.74) is 2.22. The first-order valence-corrected chi connectivity index (χ1v) is 5.73. The molecule has 1 rings (SSSR count). The van der Waals surface area contributed by atoms with Gasteiger partial charge in [0.25, 0.3) is 0 Å². The van der Waals surface area contributed by atoms with E-state index in [9.17, 15) is 4.79 Å². The van der Waals surface area contributed by atoms with Gasteiger partial charge in [0.1, 0.15) is 0 Å². The number of rotatable bonds is 4. The Morgan fingerprint density at radius 2 is 2.07 bits per heavy atom. The Morgan fingerprint density at radius 1 is 1.40 bits per heavy atom. The highest BCUT2D eigenvalue weighted by atomic mass is 16.1. The van der Waals surface area contributed by atoms with Crippen molar-refractivity contribution in [2.45, 2.75) is 46.0 Å². The molecule has 0 aromatic rings. The molecule has 15 heavy (non-hydrogen) atoms. The van der Waals surface area contributed by atoms with Gasteiger partial charge in [-0.2, -0.15) is 4.99 Å². The van der Waals surface area contributed by atoms with Crippen LogP contribution >= 0.6 is 0 Å². The fraction of sp³-hybridized carbons (Fsp3) is 0.615. The first-order chi connectivity index (χ1) is 7.27. The molecule has 0 atom stereocenters. The van der Waals surface area contributed by atoms with Crippen LogP contribution in [0.15, 0.2) is 28.4 Å². The maximum atomic E-state index is 10.1. The van der Waals surface area contributed by atoms with E-state index >= 15 is 0 Å². The maximum Gasteiger partial charge on any atom is 0.240 e. The normalized spacial score (nSPS) is 19.1. The summed E-state index contributed by atoms with van der Waals surface area (Å²) < 4.78 is 0. The van der Waals surface area contributed by atoms with Crippen molar-refractivity contribution in [1.82, 2.24) is 0 Å². The molecule has 82 valence electrons. The number of allylic oxidation sites excluding steroid dienone is 4. The zero-order valence-electron chi connectivity index (χ0n) is 9.62. The molecule has 0 N–H and O–H groups in total. The number of carbonyl (C=O) groups excluding carboxylic acids is 1. The molecule has 0 amide bonds. The average molecular weight is 205 g/mol. The molecule has 0 aliphatic heterocycles. The first-order valence-electron chi connectivity index (χ1n) is 5.73. The van der Waals surface area contributed by atoms with E-state index in [1.807, 2.05) is 13.0 Å². The lowest BCUT2D eigenvalue weighted by Gasteiger charge is -2.07. The van der Waals surface area contributed by atoms with Crippen molar-refractivity contribution >= 4 is 6.08 Å². The molecule has 1 fully saturated rings. The van der Waals surface area contributed by atoms with Crippen LogP contribution in [0.1, 0.15) is 46.0 Å². The topological polar surface area (TPSA) is 29.4 Å². The van der Waals surface area contributed by atoms with Gasteiger partial charge in [0.2, 0.25) is 6.08 Å². The standard InChI is InChI=1S/C13H19NO/c1-3-13(14-10-15)9-8-11(2)12-6-4-5-7-12/h8-9,12H,3-7H2,1-2H3/b11-8+,13-9+. The summed E-state index contributed by atoms with van der Waals surface area (Å²) in [7, 11) is 0. The Balaban J connectivity index is 2.64. The SMILES string of the molecule is CC/C(=C\C=C(/C)C1CCCC1)N=C=O. The Labute approximate surface area is 91.8 Å². The van der Waals surface area contributed by atoms with Crippen LogP contribution in [0.3, 0.4) is 0 Å². The molecule has 0 aromatic carbocycles. The third-order valence-corrected chi connectivity index (χ3v) is 3.09. The van der Waals surface area contributed by atoms with Crippen LogP contribution in [0, 0.1) is 5.92 Å². The highest BCUT2D eigenvalue weighted by molar-refractivity contribution is 5.37. The molecular formula is C13H19NO. The van der Waals surface area contributed by atoms with Gasteiger partial charge in [0.15, 0.2) is 0 Å². The highest BCUT2D eigenvalue weighted by Gasteiger charge is 2.15. The molecule has 0 saturated heterocycles. The molecule has 2 nitrogen and oxygen atoms in total. The number of hydrogen-bond donors (Lipinski definition) is 0. The Hall–Kier alpha value is -1.14. The Morgan fingerprint density at radius 3 is 2.60 bits per heavy atom. The van der Waals surface area contributed by atoms with Crippen LogP contribution < -0.4 is 0 Å². The molecule has 0 aromatic heterocycles. The molecule has 1 aliphatic carbocycles. The number of hydrogen-bond acceptors (Lipinski definition) is 2.